The Hall–Kier alpha value is -0.0500. The highest BCUT2D eigenvalue weighted by Gasteiger charge is 2.38. The van der Waals surface area contributed by atoms with Gasteiger partial charge in [-0.15, -0.1) is 0 Å². The lowest BCUT2D eigenvalue weighted by atomic mass is 9.70. The first-order valence-electron chi connectivity index (χ1n) is 5.04. The molecule has 0 spiro atoms. The van der Waals surface area contributed by atoms with E-state index >= 15 is 0 Å². The molecule has 1 saturated heterocycles. The number of alkyl halides is 1. The van der Waals surface area contributed by atoms with Crippen LogP contribution in [0, 0.1) is 5.41 Å². The van der Waals surface area contributed by atoms with Crippen LogP contribution in [0.5, 0.6) is 0 Å². The first-order valence-corrected chi connectivity index (χ1v) is 5.95. The summed E-state index contributed by atoms with van der Waals surface area (Å²) < 4.78 is 0. The summed E-state index contributed by atoms with van der Waals surface area (Å²) in [7, 11) is 0. The summed E-state index contributed by atoms with van der Waals surface area (Å²) >= 11 is 3.40. The second-order valence-electron chi connectivity index (χ2n) is 4.68. The van der Waals surface area contributed by atoms with E-state index in [0.29, 0.717) is 11.3 Å². The van der Waals surface area contributed by atoms with E-state index < -0.39 is 0 Å². The zero-order valence-corrected chi connectivity index (χ0v) is 9.64. The van der Waals surface area contributed by atoms with Gasteiger partial charge in [0.2, 0.25) is 5.91 Å². The van der Waals surface area contributed by atoms with Gasteiger partial charge in [0.1, 0.15) is 0 Å². The fourth-order valence-electron chi connectivity index (χ4n) is 2.26. The number of hydrogen-bond acceptors (Lipinski definition) is 1. The van der Waals surface area contributed by atoms with Crippen LogP contribution in [0.2, 0.25) is 0 Å². The van der Waals surface area contributed by atoms with Crippen molar-refractivity contribution in [1.29, 1.82) is 0 Å². The lowest BCUT2D eigenvalue weighted by Gasteiger charge is -2.41. The van der Waals surface area contributed by atoms with Crippen molar-refractivity contribution in [3.63, 3.8) is 0 Å². The van der Waals surface area contributed by atoms with E-state index in [0.717, 1.165) is 19.5 Å². The van der Waals surface area contributed by atoms with Crippen LogP contribution in [0.15, 0.2) is 0 Å². The molecule has 2 fully saturated rings. The molecule has 0 aromatic carbocycles. The van der Waals surface area contributed by atoms with Crippen LogP contribution in [-0.4, -0.2) is 28.7 Å². The van der Waals surface area contributed by atoms with Crippen molar-refractivity contribution in [3.05, 3.63) is 0 Å². The molecule has 3 heteroatoms. The molecule has 13 heavy (non-hydrogen) atoms. The third kappa shape index (κ3) is 1.76. The number of amides is 1. The molecule has 0 bridgehead atoms. The summed E-state index contributed by atoms with van der Waals surface area (Å²) in [5.74, 6) is 0.299. The summed E-state index contributed by atoms with van der Waals surface area (Å²) in [4.78, 5) is 13.7. The molecule has 1 unspecified atom stereocenters. The van der Waals surface area contributed by atoms with Crippen LogP contribution in [-0.2, 0) is 4.79 Å². The van der Waals surface area contributed by atoms with Gasteiger partial charge in [-0.3, -0.25) is 4.79 Å². The summed E-state index contributed by atoms with van der Waals surface area (Å²) in [6.45, 7) is 4.23. The van der Waals surface area contributed by atoms with Crippen LogP contribution >= 0.6 is 15.9 Å². The Morgan fingerprint density at radius 1 is 1.62 bits per heavy atom. The predicted molar refractivity (Wildman–Crippen MR) is 55.9 cm³/mol. The van der Waals surface area contributed by atoms with Crippen LogP contribution in [0.4, 0.5) is 0 Å². The Bertz CT molecular complexity index is 225. The minimum Gasteiger partial charge on any atom is -0.341 e. The van der Waals surface area contributed by atoms with Crippen LogP contribution in [0.1, 0.15) is 32.6 Å². The third-order valence-corrected chi connectivity index (χ3v) is 4.21. The van der Waals surface area contributed by atoms with Crippen LogP contribution < -0.4 is 0 Å². The zero-order chi connectivity index (χ0) is 9.47. The molecule has 2 rings (SSSR count). The number of carbonyl (C=O) groups is 1. The molecular formula is C10H16BrNO. The normalized spacial score (nSPS) is 32.0. The maximum absolute atomic E-state index is 11.6. The van der Waals surface area contributed by atoms with E-state index in [-0.39, 0.29) is 4.83 Å². The minimum absolute atomic E-state index is 0.0937. The SMILES string of the molecule is CC1(CN2CCC(Br)C2=O)CCC1. The number of nitrogens with zero attached hydrogens (tertiary/aromatic N) is 1. The Kier molecular flexibility index (Phi) is 2.39. The average Bonchev–Trinajstić information content (AvgIpc) is 2.33. The quantitative estimate of drug-likeness (QED) is 0.684. The standard InChI is InChI=1S/C10H16BrNO/c1-10(4-2-5-10)7-12-6-3-8(11)9(12)13/h8H,2-7H2,1H3. The van der Waals surface area contributed by atoms with Gasteiger partial charge in [-0.1, -0.05) is 29.3 Å². The second-order valence-corrected chi connectivity index (χ2v) is 5.79. The fourth-order valence-corrected chi connectivity index (χ4v) is 2.75. The molecule has 74 valence electrons. The van der Waals surface area contributed by atoms with Crippen LogP contribution in [0.25, 0.3) is 0 Å². The van der Waals surface area contributed by atoms with E-state index in [1.807, 2.05) is 4.90 Å². The van der Waals surface area contributed by atoms with E-state index in [1.165, 1.54) is 19.3 Å². The molecule has 1 heterocycles. The Morgan fingerprint density at radius 3 is 2.69 bits per heavy atom. The van der Waals surface area contributed by atoms with E-state index in [1.54, 1.807) is 0 Å². The van der Waals surface area contributed by atoms with Crippen molar-refractivity contribution in [2.75, 3.05) is 13.1 Å². The van der Waals surface area contributed by atoms with Crippen molar-refractivity contribution < 1.29 is 4.79 Å². The zero-order valence-electron chi connectivity index (χ0n) is 8.05. The van der Waals surface area contributed by atoms with E-state index in [2.05, 4.69) is 22.9 Å². The molecule has 2 aliphatic rings. The number of rotatable bonds is 2. The number of likely N-dealkylation sites (tertiary alicyclic amines) is 1. The molecule has 1 aliphatic heterocycles. The van der Waals surface area contributed by atoms with Gasteiger partial charge in [0.05, 0.1) is 4.83 Å². The number of carbonyl (C=O) groups excluding carboxylic acids is 1. The highest BCUT2D eigenvalue weighted by atomic mass is 79.9. The lowest BCUT2D eigenvalue weighted by Crippen LogP contribution is -2.41. The summed E-state index contributed by atoms with van der Waals surface area (Å²) in [5.41, 5.74) is 0.437. The topological polar surface area (TPSA) is 20.3 Å². The first kappa shape index (κ1) is 9.50. The molecule has 2 nitrogen and oxygen atoms in total. The number of halogens is 1. The van der Waals surface area contributed by atoms with Crippen molar-refractivity contribution in [3.8, 4) is 0 Å². The number of hydrogen-bond donors (Lipinski definition) is 0. The van der Waals surface area contributed by atoms with Crippen molar-refractivity contribution in [2.45, 2.75) is 37.4 Å². The molecule has 0 aromatic heterocycles. The summed E-state index contributed by atoms with van der Waals surface area (Å²) in [6.07, 6.45) is 4.92. The lowest BCUT2D eigenvalue weighted by molar-refractivity contribution is -0.129. The Morgan fingerprint density at radius 2 is 2.31 bits per heavy atom. The van der Waals surface area contributed by atoms with Crippen molar-refractivity contribution >= 4 is 21.8 Å². The first-order chi connectivity index (χ1) is 6.11. The van der Waals surface area contributed by atoms with Gasteiger partial charge >= 0.3 is 0 Å². The molecule has 0 radical (unpaired) electrons. The maximum atomic E-state index is 11.6. The summed E-state index contributed by atoms with van der Waals surface area (Å²) in [5, 5.41) is 0. The Labute approximate surface area is 87.8 Å². The third-order valence-electron chi connectivity index (χ3n) is 3.37. The average molecular weight is 246 g/mol. The Balaban J connectivity index is 1.92. The minimum atomic E-state index is 0.0937. The van der Waals surface area contributed by atoms with Gasteiger partial charge in [0.25, 0.3) is 0 Å². The molecule has 1 atom stereocenters. The highest BCUT2D eigenvalue weighted by molar-refractivity contribution is 9.10. The van der Waals surface area contributed by atoms with Gasteiger partial charge in [0, 0.05) is 13.1 Å². The summed E-state index contributed by atoms with van der Waals surface area (Å²) in [6, 6.07) is 0. The van der Waals surface area contributed by atoms with Gasteiger partial charge in [-0.2, -0.15) is 0 Å². The molecule has 0 aromatic rings. The molecule has 1 saturated carbocycles. The van der Waals surface area contributed by atoms with Gasteiger partial charge in [0.15, 0.2) is 0 Å². The van der Waals surface area contributed by atoms with Crippen LogP contribution in [0.3, 0.4) is 0 Å². The fraction of sp³-hybridized carbons (Fsp3) is 0.900. The molecule has 1 amide bonds. The predicted octanol–water partition coefficient (Wildman–Crippen LogP) is 2.17. The van der Waals surface area contributed by atoms with Crippen molar-refractivity contribution in [2.24, 2.45) is 5.41 Å². The largest absolute Gasteiger partial charge is 0.341 e. The van der Waals surface area contributed by atoms with Gasteiger partial charge < -0.3 is 4.90 Å². The smallest absolute Gasteiger partial charge is 0.236 e. The highest BCUT2D eigenvalue weighted by Crippen LogP contribution is 2.41. The van der Waals surface area contributed by atoms with Gasteiger partial charge in [-0.25, -0.2) is 0 Å². The molecule has 1 aliphatic carbocycles. The molecule has 0 N–H and O–H groups in total. The van der Waals surface area contributed by atoms with E-state index in [9.17, 15) is 4.79 Å². The van der Waals surface area contributed by atoms with E-state index in [4.69, 9.17) is 0 Å². The van der Waals surface area contributed by atoms with Crippen molar-refractivity contribution in [1.82, 2.24) is 4.90 Å². The molecular weight excluding hydrogens is 230 g/mol. The maximum Gasteiger partial charge on any atom is 0.236 e. The second kappa shape index (κ2) is 3.26. The van der Waals surface area contributed by atoms with Gasteiger partial charge in [-0.05, 0) is 24.7 Å². The monoisotopic (exact) mass is 245 g/mol.